The number of amides is 1. The SMILES string of the molecule is O=C(CCS(=O)(=O)c1ccc2ccccc2c1)NCCCN1CCOCC1. The summed E-state index contributed by atoms with van der Waals surface area (Å²) in [6.45, 7) is 4.86. The van der Waals surface area contributed by atoms with Crippen LogP contribution in [0.1, 0.15) is 12.8 Å². The fraction of sp³-hybridized carbons (Fsp3) is 0.450. The quantitative estimate of drug-likeness (QED) is 0.696. The molecule has 146 valence electrons. The van der Waals surface area contributed by atoms with Crippen molar-refractivity contribution in [2.45, 2.75) is 17.7 Å². The van der Waals surface area contributed by atoms with Crippen LogP contribution in [0.4, 0.5) is 0 Å². The molecule has 3 rings (SSSR count). The Labute approximate surface area is 160 Å². The van der Waals surface area contributed by atoms with Gasteiger partial charge in [0.15, 0.2) is 9.84 Å². The van der Waals surface area contributed by atoms with E-state index in [9.17, 15) is 13.2 Å². The molecule has 1 N–H and O–H groups in total. The van der Waals surface area contributed by atoms with E-state index in [1.165, 1.54) is 0 Å². The normalized spacial score (nSPS) is 15.7. The molecule has 27 heavy (non-hydrogen) atoms. The first-order valence-corrected chi connectivity index (χ1v) is 11.0. The van der Waals surface area contributed by atoms with Gasteiger partial charge in [-0.05, 0) is 35.9 Å². The Bertz CT molecular complexity index is 876. The largest absolute Gasteiger partial charge is 0.379 e. The maximum atomic E-state index is 12.5. The Hall–Kier alpha value is -1.96. The van der Waals surface area contributed by atoms with Gasteiger partial charge in [0.05, 0.1) is 23.9 Å². The Morgan fingerprint density at radius 2 is 1.81 bits per heavy atom. The van der Waals surface area contributed by atoms with Crippen LogP contribution in [0.15, 0.2) is 47.4 Å². The van der Waals surface area contributed by atoms with E-state index in [1.807, 2.05) is 24.3 Å². The van der Waals surface area contributed by atoms with Crippen molar-refractivity contribution in [1.82, 2.24) is 10.2 Å². The molecule has 0 bridgehead atoms. The van der Waals surface area contributed by atoms with Crippen LogP contribution >= 0.6 is 0 Å². The minimum absolute atomic E-state index is 0.0211. The van der Waals surface area contributed by atoms with E-state index < -0.39 is 9.84 Å². The standard InChI is InChI=1S/C20H26N2O4S/c23-20(21-9-3-10-22-11-13-26-14-12-22)8-15-27(24,25)19-7-6-17-4-1-2-5-18(17)16-19/h1-2,4-7,16H,3,8-15H2,(H,21,23). The number of hydrogen-bond donors (Lipinski definition) is 1. The van der Waals surface area contributed by atoms with E-state index in [1.54, 1.807) is 18.2 Å². The minimum Gasteiger partial charge on any atom is -0.379 e. The van der Waals surface area contributed by atoms with Gasteiger partial charge in [-0.15, -0.1) is 0 Å². The molecule has 1 heterocycles. The second kappa shape index (κ2) is 9.30. The fourth-order valence-electron chi connectivity index (χ4n) is 3.15. The number of carbonyl (C=O) groups is 1. The molecule has 0 aromatic heterocycles. The number of rotatable bonds is 8. The molecule has 0 aliphatic carbocycles. The summed E-state index contributed by atoms with van der Waals surface area (Å²) in [4.78, 5) is 14.5. The highest BCUT2D eigenvalue weighted by molar-refractivity contribution is 7.91. The van der Waals surface area contributed by atoms with Gasteiger partial charge >= 0.3 is 0 Å². The van der Waals surface area contributed by atoms with Gasteiger partial charge in [0.25, 0.3) is 0 Å². The van der Waals surface area contributed by atoms with Gasteiger partial charge in [-0.1, -0.05) is 30.3 Å². The summed E-state index contributed by atoms with van der Waals surface area (Å²) in [5.41, 5.74) is 0. The smallest absolute Gasteiger partial charge is 0.221 e. The number of ether oxygens (including phenoxy) is 1. The third kappa shape index (κ3) is 5.76. The number of morpholine rings is 1. The number of sulfone groups is 1. The van der Waals surface area contributed by atoms with Gasteiger partial charge in [0, 0.05) is 26.1 Å². The van der Waals surface area contributed by atoms with Gasteiger partial charge in [-0.2, -0.15) is 0 Å². The zero-order chi connectivity index (χ0) is 19.1. The van der Waals surface area contributed by atoms with Crippen LogP contribution in [0, 0.1) is 0 Å². The molecule has 7 heteroatoms. The summed E-state index contributed by atoms with van der Waals surface area (Å²) in [7, 11) is -3.48. The highest BCUT2D eigenvalue weighted by atomic mass is 32.2. The third-order valence-corrected chi connectivity index (χ3v) is 6.47. The Balaban J connectivity index is 1.44. The summed E-state index contributed by atoms with van der Waals surface area (Å²) >= 11 is 0. The van der Waals surface area contributed by atoms with Crippen LogP contribution in [0.2, 0.25) is 0 Å². The van der Waals surface area contributed by atoms with Crippen LogP contribution in [0.25, 0.3) is 10.8 Å². The molecule has 0 saturated carbocycles. The molecule has 0 atom stereocenters. The highest BCUT2D eigenvalue weighted by Crippen LogP contribution is 2.20. The van der Waals surface area contributed by atoms with E-state index in [-0.39, 0.29) is 23.0 Å². The predicted molar refractivity (Wildman–Crippen MR) is 106 cm³/mol. The van der Waals surface area contributed by atoms with Gasteiger partial charge < -0.3 is 10.1 Å². The first-order chi connectivity index (χ1) is 13.0. The van der Waals surface area contributed by atoms with Crippen molar-refractivity contribution < 1.29 is 17.9 Å². The molecule has 6 nitrogen and oxygen atoms in total. The minimum atomic E-state index is -3.48. The number of nitrogens with one attached hydrogen (secondary N) is 1. The lowest BCUT2D eigenvalue weighted by molar-refractivity contribution is -0.120. The monoisotopic (exact) mass is 390 g/mol. The number of benzene rings is 2. The number of nitrogens with zero attached hydrogens (tertiary/aromatic N) is 1. The fourth-order valence-corrected chi connectivity index (χ4v) is 4.42. The Kier molecular flexibility index (Phi) is 6.82. The number of fused-ring (bicyclic) bond motifs is 1. The summed E-state index contributed by atoms with van der Waals surface area (Å²) in [6.07, 6.45) is 0.829. The highest BCUT2D eigenvalue weighted by Gasteiger charge is 2.17. The van der Waals surface area contributed by atoms with Crippen molar-refractivity contribution in [3.8, 4) is 0 Å². The average Bonchev–Trinajstić information content (AvgIpc) is 2.70. The molecule has 0 spiro atoms. The van der Waals surface area contributed by atoms with Crippen LogP contribution < -0.4 is 5.32 Å². The van der Waals surface area contributed by atoms with Crippen molar-refractivity contribution >= 4 is 26.5 Å². The summed E-state index contributed by atoms with van der Waals surface area (Å²) in [5.74, 6) is -0.401. The second-order valence-electron chi connectivity index (χ2n) is 6.74. The van der Waals surface area contributed by atoms with E-state index in [2.05, 4.69) is 10.2 Å². The predicted octanol–water partition coefficient (Wildman–Crippen LogP) is 1.84. The zero-order valence-electron chi connectivity index (χ0n) is 15.4. The molecular formula is C20H26N2O4S. The van der Waals surface area contributed by atoms with Crippen molar-refractivity contribution in [2.24, 2.45) is 0 Å². The van der Waals surface area contributed by atoms with Crippen LogP contribution in [-0.2, 0) is 19.4 Å². The maximum Gasteiger partial charge on any atom is 0.221 e. The van der Waals surface area contributed by atoms with Crippen molar-refractivity contribution in [3.05, 3.63) is 42.5 Å². The van der Waals surface area contributed by atoms with Crippen LogP contribution in [-0.4, -0.2) is 64.4 Å². The average molecular weight is 391 g/mol. The molecule has 1 aliphatic rings. The summed E-state index contributed by atoms with van der Waals surface area (Å²) in [6, 6.07) is 12.7. The molecular weight excluding hydrogens is 364 g/mol. The van der Waals surface area contributed by atoms with Crippen molar-refractivity contribution in [2.75, 3.05) is 45.1 Å². The maximum absolute atomic E-state index is 12.5. The van der Waals surface area contributed by atoms with Gasteiger partial charge in [-0.3, -0.25) is 9.69 Å². The number of carbonyl (C=O) groups excluding carboxylic acids is 1. The number of hydrogen-bond acceptors (Lipinski definition) is 5. The first-order valence-electron chi connectivity index (χ1n) is 9.33. The van der Waals surface area contributed by atoms with Crippen molar-refractivity contribution in [1.29, 1.82) is 0 Å². The molecule has 1 amide bonds. The molecule has 1 fully saturated rings. The van der Waals surface area contributed by atoms with E-state index in [0.29, 0.717) is 6.54 Å². The summed E-state index contributed by atoms with van der Waals surface area (Å²) in [5, 5.41) is 4.69. The van der Waals surface area contributed by atoms with Gasteiger partial charge in [0.1, 0.15) is 0 Å². The molecule has 2 aromatic carbocycles. The Morgan fingerprint density at radius 1 is 1.07 bits per heavy atom. The first kappa shape index (κ1) is 19.8. The molecule has 1 saturated heterocycles. The van der Waals surface area contributed by atoms with Crippen LogP contribution in [0.5, 0.6) is 0 Å². The molecule has 0 unspecified atom stereocenters. The molecule has 0 radical (unpaired) electrons. The van der Waals surface area contributed by atoms with E-state index in [4.69, 9.17) is 4.74 Å². The third-order valence-electron chi connectivity index (χ3n) is 4.75. The zero-order valence-corrected chi connectivity index (χ0v) is 16.2. The molecule has 2 aromatic rings. The van der Waals surface area contributed by atoms with Gasteiger partial charge in [0.2, 0.25) is 5.91 Å². The Morgan fingerprint density at radius 3 is 2.59 bits per heavy atom. The van der Waals surface area contributed by atoms with E-state index >= 15 is 0 Å². The van der Waals surface area contributed by atoms with Crippen LogP contribution in [0.3, 0.4) is 0 Å². The summed E-state index contributed by atoms with van der Waals surface area (Å²) < 4.78 is 30.3. The van der Waals surface area contributed by atoms with Gasteiger partial charge in [-0.25, -0.2) is 8.42 Å². The molecule has 1 aliphatic heterocycles. The van der Waals surface area contributed by atoms with Crippen molar-refractivity contribution in [3.63, 3.8) is 0 Å². The van der Waals surface area contributed by atoms with E-state index in [0.717, 1.165) is 50.0 Å². The lowest BCUT2D eigenvalue weighted by Gasteiger charge is -2.26. The lowest BCUT2D eigenvalue weighted by atomic mass is 10.1. The topological polar surface area (TPSA) is 75.7 Å². The lowest BCUT2D eigenvalue weighted by Crippen LogP contribution is -2.38. The second-order valence-corrected chi connectivity index (χ2v) is 8.84.